The molecule has 0 aliphatic carbocycles. The van der Waals surface area contributed by atoms with Crippen LogP contribution in [0, 0.1) is 0 Å². The summed E-state index contributed by atoms with van der Waals surface area (Å²) < 4.78 is 16.5. The van der Waals surface area contributed by atoms with Crippen LogP contribution >= 0.6 is 0 Å². The summed E-state index contributed by atoms with van der Waals surface area (Å²) in [4.78, 5) is 22.9. The summed E-state index contributed by atoms with van der Waals surface area (Å²) in [5, 5.41) is 12.9. The zero-order chi connectivity index (χ0) is 17.7. The Morgan fingerprint density at radius 2 is 1.88 bits per heavy atom. The third kappa shape index (κ3) is 4.77. The molecule has 5 atom stereocenters. The fourth-order valence-corrected chi connectivity index (χ4v) is 2.74. The van der Waals surface area contributed by atoms with Crippen LogP contribution in [0.15, 0.2) is 30.3 Å². The Balaban J connectivity index is 2.16. The third-order valence-corrected chi connectivity index (χ3v) is 3.76. The summed E-state index contributed by atoms with van der Waals surface area (Å²) in [7, 11) is 0. The van der Waals surface area contributed by atoms with Crippen molar-refractivity contribution in [2.24, 2.45) is 0 Å². The lowest BCUT2D eigenvalue weighted by molar-refractivity contribution is -0.268. The fraction of sp³-hybridized carbons (Fsp3) is 0.529. The average Bonchev–Trinajstić information content (AvgIpc) is 2.51. The topological polar surface area (TPSA) is 94.1 Å². The smallest absolute Gasteiger partial charge is 0.303 e. The van der Waals surface area contributed by atoms with E-state index in [1.165, 1.54) is 13.8 Å². The second kappa shape index (κ2) is 8.23. The van der Waals surface area contributed by atoms with Crippen molar-refractivity contribution in [3.05, 3.63) is 35.9 Å². The maximum absolute atomic E-state index is 11.5. The highest BCUT2D eigenvalue weighted by Gasteiger charge is 2.46. The van der Waals surface area contributed by atoms with E-state index in [0.29, 0.717) is 0 Å². The number of carbonyl (C=O) groups is 2. The summed E-state index contributed by atoms with van der Waals surface area (Å²) >= 11 is 0. The SMILES string of the molecule is CC(=O)N[C@@H]1[C@@H](OCc2ccccc2)[C@H](O)O[C@H](C)[C@@H]1OC(C)=O. The first-order valence-corrected chi connectivity index (χ1v) is 7.82. The first-order valence-electron chi connectivity index (χ1n) is 7.82. The molecule has 1 heterocycles. The largest absolute Gasteiger partial charge is 0.457 e. The van der Waals surface area contributed by atoms with Crippen LogP contribution in [-0.4, -0.2) is 47.6 Å². The number of carbonyl (C=O) groups excluding carboxylic acids is 2. The van der Waals surface area contributed by atoms with Gasteiger partial charge >= 0.3 is 5.97 Å². The Morgan fingerprint density at radius 1 is 1.21 bits per heavy atom. The van der Waals surface area contributed by atoms with Gasteiger partial charge in [0, 0.05) is 13.8 Å². The van der Waals surface area contributed by atoms with E-state index in [0.717, 1.165) is 5.56 Å². The van der Waals surface area contributed by atoms with Gasteiger partial charge in [-0.2, -0.15) is 0 Å². The van der Waals surface area contributed by atoms with Crippen LogP contribution in [0.2, 0.25) is 0 Å². The fourth-order valence-electron chi connectivity index (χ4n) is 2.74. The number of ether oxygens (including phenoxy) is 3. The predicted octanol–water partition coefficient (Wildman–Crippen LogP) is 0.745. The Labute approximate surface area is 140 Å². The molecule has 1 aliphatic heterocycles. The minimum Gasteiger partial charge on any atom is -0.457 e. The van der Waals surface area contributed by atoms with Crippen molar-refractivity contribution in [1.29, 1.82) is 0 Å². The lowest BCUT2D eigenvalue weighted by Gasteiger charge is -2.43. The molecule has 1 saturated heterocycles. The molecule has 1 fully saturated rings. The van der Waals surface area contributed by atoms with E-state index in [1.807, 2.05) is 30.3 Å². The van der Waals surface area contributed by atoms with Gasteiger partial charge in [0.15, 0.2) is 12.4 Å². The molecule has 1 amide bonds. The number of hydrogen-bond donors (Lipinski definition) is 2. The number of hydrogen-bond acceptors (Lipinski definition) is 6. The number of amides is 1. The van der Waals surface area contributed by atoms with Crippen LogP contribution in [-0.2, 0) is 30.4 Å². The van der Waals surface area contributed by atoms with Gasteiger partial charge in [0.2, 0.25) is 5.91 Å². The molecule has 2 N–H and O–H groups in total. The molecule has 7 heteroatoms. The molecule has 7 nitrogen and oxygen atoms in total. The molecule has 0 spiro atoms. The molecule has 0 bridgehead atoms. The van der Waals surface area contributed by atoms with Gasteiger partial charge in [-0.25, -0.2) is 0 Å². The van der Waals surface area contributed by atoms with Crippen LogP contribution in [0.1, 0.15) is 26.3 Å². The highest BCUT2D eigenvalue weighted by Crippen LogP contribution is 2.25. The molecular weight excluding hydrogens is 314 g/mol. The van der Waals surface area contributed by atoms with E-state index in [-0.39, 0.29) is 12.5 Å². The Bertz CT molecular complexity index is 563. The van der Waals surface area contributed by atoms with Crippen molar-refractivity contribution in [3.63, 3.8) is 0 Å². The van der Waals surface area contributed by atoms with Crippen molar-refractivity contribution < 1.29 is 28.9 Å². The predicted molar refractivity (Wildman–Crippen MR) is 84.7 cm³/mol. The maximum atomic E-state index is 11.5. The van der Waals surface area contributed by atoms with Crippen LogP contribution in [0.4, 0.5) is 0 Å². The van der Waals surface area contributed by atoms with E-state index in [4.69, 9.17) is 14.2 Å². The first kappa shape index (κ1) is 18.4. The van der Waals surface area contributed by atoms with E-state index in [1.54, 1.807) is 6.92 Å². The third-order valence-electron chi connectivity index (χ3n) is 3.76. The summed E-state index contributed by atoms with van der Waals surface area (Å²) in [5.41, 5.74) is 0.911. The number of aliphatic hydroxyl groups excluding tert-OH is 1. The molecule has 0 saturated carbocycles. The molecule has 0 radical (unpaired) electrons. The van der Waals surface area contributed by atoms with Crippen LogP contribution < -0.4 is 5.32 Å². The van der Waals surface area contributed by atoms with E-state index < -0.39 is 36.6 Å². The zero-order valence-corrected chi connectivity index (χ0v) is 14.0. The average molecular weight is 337 g/mol. The van der Waals surface area contributed by atoms with Crippen molar-refractivity contribution >= 4 is 11.9 Å². The lowest BCUT2D eigenvalue weighted by atomic mass is 9.96. The summed E-state index contributed by atoms with van der Waals surface area (Å²) in [6.45, 7) is 4.52. The molecule has 1 aromatic carbocycles. The maximum Gasteiger partial charge on any atom is 0.303 e. The van der Waals surface area contributed by atoms with Gasteiger partial charge in [-0.15, -0.1) is 0 Å². The number of rotatable bonds is 5. The summed E-state index contributed by atoms with van der Waals surface area (Å²) in [6, 6.07) is 8.70. The standard InChI is InChI=1S/C17H23NO6/c1-10-15(24-12(3)20)14(18-11(2)19)16(17(21)23-10)22-9-13-7-5-4-6-8-13/h4-8,10,14-17,21H,9H2,1-3H3,(H,18,19)/t10-,14+,15+,16-,17-/m1/s1. The van der Waals surface area contributed by atoms with Gasteiger partial charge in [-0.3, -0.25) is 9.59 Å². The molecule has 2 rings (SSSR count). The second-order valence-corrected chi connectivity index (χ2v) is 5.79. The summed E-state index contributed by atoms with van der Waals surface area (Å²) in [6.07, 6.45) is -3.45. The molecule has 0 aromatic heterocycles. The van der Waals surface area contributed by atoms with E-state index >= 15 is 0 Å². The Morgan fingerprint density at radius 3 is 2.46 bits per heavy atom. The highest BCUT2D eigenvalue weighted by atomic mass is 16.7. The van der Waals surface area contributed by atoms with Gasteiger partial charge < -0.3 is 24.6 Å². The molecule has 24 heavy (non-hydrogen) atoms. The van der Waals surface area contributed by atoms with Crippen LogP contribution in [0.25, 0.3) is 0 Å². The summed E-state index contributed by atoms with van der Waals surface area (Å²) in [5.74, 6) is -0.809. The van der Waals surface area contributed by atoms with Gasteiger partial charge in [0.25, 0.3) is 0 Å². The molecular formula is C17H23NO6. The zero-order valence-electron chi connectivity index (χ0n) is 14.0. The monoisotopic (exact) mass is 337 g/mol. The van der Waals surface area contributed by atoms with Crippen molar-refractivity contribution in [2.45, 2.75) is 58.0 Å². The molecule has 1 aromatic rings. The van der Waals surface area contributed by atoms with Gasteiger partial charge in [0.1, 0.15) is 6.10 Å². The van der Waals surface area contributed by atoms with Crippen molar-refractivity contribution in [2.75, 3.05) is 0 Å². The van der Waals surface area contributed by atoms with Gasteiger partial charge in [-0.05, 0) is 12.5 Å². The molecule has 1 aliphatic rings. The van der Waals surface area contributed by atoms with Crippen LogP contribution in [0.3, 0.4) is 0 Å². The number of benzene rings is 1. The molecule has 132 valence electrons. The second-order valence-electron chi connectivity index (χ2n) is 5.79. The normalized spacial score (nSPS) is 29.8. The van der Waals surface area contributed by atoms with Crippen molar-refractivity contribution in [1.82, 2.24) is 5.32 Å². The number of aliphatic hydroxyl groups is 1. The van der Waals surface area contributed by atoms with Crippen LogP contribution in [0.5, 0.6) is 0 Å². The minimum absolute atomic E-state index is 0.225. The van der Waals surface area contributed by atoms with Crippen molar-refractivity contribution in [3.8, 4) is 0 Å². The minimum atomic E-state index is -1.24. The lowest BCUT2D eigenvalue weighted by Crippen LogP contribution is -2.64. The van der Waals surface area contributed by atoms with E-state index in [2.05, 4.69) is 5.32 Å². The Kier molecular flexibility index (Phi) is 6.30. The Hall–Kier alpha value is -1.96. The quantitative estimate of drug-likeness (QED) is 0.770. The molecule has 0 unspecified atom stereocenters. The van der Waals surface area contributed by atoms with Gasteiger partial charge in [0.05, 0.1) is 18.8 Å². The number of esters is 1. The number of nitrogens with one attached hydrogen (secondary N) is 1. The van der Waals surface area contributed by atoms with E-state index in [9.17, 15) is 14.7 Å². The first-order chi connectivity index (χ1) is 11.4. The van der Waals surface area contributed by atoms with Gasteiger partial charge in [-0.1, -0.05) is 30.3 Å². The highest BCUT2D eigenvalue weighted by molar-refractivity contribution is 5.73.